The lowest BCUT2D eigenvalue weighted by atomic mass is 10.2. The zero-order chi connectivity index (χ0) is 15.9. The predicted molar refractivity (Wildman–Crippen MR) is 85.9 cm³/mol. The summed E-state index contributed by atoms with van der Waals surface area (Å²) in [6, 6.07) is 13.4. The maximum Gasteiger partial charge on any atom is 0.407 e. The van der Waals surface area contributed by atoms with Crippen LogP contribution in [0.2, 0.25) is 0 Å². The van der Waals surface area contributed by atoms with Gasteiger partial charge in [-0.1, -0.05) is 36.4 Å². The number of nitrogens with one attached hydrogen (secondary N) is 1. The molecule has 0 atom stereocenters. The normalized spacial score (nSPS) is 10.4. The minimum atomic E-state index is -0.466. The number of benzene rings is 1. The van der Waals surface area contributed by atoms with Crippen molar-refractivity contribution in [3.8, 4) is 10.8 Å². The summed E-state index contributed by atoms with van der Waals surface area (Å²) in [5.74, 6) is 0.985. The van der Waals surface area contributed by atoms with Crippen LogP contribution in [0, 0.1) is 0 Å². The van der Waals surface area contributed by atoms with Crippen molar-refractivity contribution < 1.29 is 13.9 Å². The highest BCUT2D eigenvalue weighted by atomic mass is 32.1. The molecule has 1 amide bonds. The first-order valence-electron chi connectivity index (χ1n) is 7.12. The lowest BCUT2D eigenvalue weighted by Gasteiger charge is -2.05. The molecule has 0 aliphatic rings. The fourth-order valence-corrected chi connectivity index (χ4v) is 2.54. The monoisotopic (exact) mass is 329 g/mol. The van der Waals surface area contributed by atoms with Gasteiger partial charge in [-0.15, -0.1) is 21.5 Å². The minimum Gasteiger partial charge on any atom is -0.445 e. The van der Waals surface area contributed by atoms with Gasteiger partial charge in [0.25, 0.3) is 5.89 Å². The molecule has 7 heteroatoms. The smallest absolute Gasteiger partial charge is 0.407 e. The summed E-state index contributed by atoms with van der Waals surface area (Å²) in [4.78, 5) is 12.5. The van der Waals surface area contributed by atoms with Crippen molar-refractivity contribution in [2.45, 2.75) is 13.0 Å². The number of aromatic nitrogens is 2. The van der Waals surface area contributed by atoms with E-state index in [1.807, 2.05) is 47.8 Å². The van der Waals surface area contributed by atoms with Crippen molar-refractivity contribution in [2.75, 3.05) is 6.54 Å². The second-order valence-electron chi connectivity index (χ2n) is 4.72. The number of carbonyl (C=O) groups is 1. The molecule has 0 spiro atoms. The van der Waals surface area contributed by atoms with Crippen LogP contribution in [0.25, 0.3) is 10.8 Å². The molecule has 2 heterocycles. The largest absolute Gasteiger partial charge is 0.445 e. The van der Waals surface area contributed by atoms with Crippen LogP contribution in [-0.4, -0.2) is 22.8 Å². The first-order valence-corrected chi connectivity index (χ1v) is 8.00. The number of alkyl carbamates (subject to hydrolysis) is 1. The molecule has 0 aliphatic carbocycles. The number of nitrogens with zero attached hydrogens (tertiary/aromatic N) is 2. The minimum absolute atomic E-state index is 0.246. The summed E-state index contributed by atoms with van der Waals surface area (Å²) in [6.45, 7) is 0.620. The maximum atomic E-state index is 11.6. The molecule has 0 unspecified atom stereocenters. The maximum absolute atomic E-state index is 11.6. The Hall–Kier alpha value is -2.67. The fourth-order valence-electron chi connectivity index (χ4n) is 1.90. The second-order valence-corrected chi connectivity index (χ2v) is 5.66. The van der Waals surface area contributed by atoms with Gasteiger partial charge in [0.05, 0.1) is 4.88 Å². The summed E-state index contributed by atoms with van der Waals surface area (Å²) >= 11 is 1.54. The topological polar surface area (TPSA) is 77.3 Å². The van der Waals surface area contributed by atoms with Crippen molar-refractivity contribution in [1.82, 2.24) is 15.5 Å². The van der Waals surface area contributed by atoms with Gasteiger partial charge in [0.2, 0.25) is 5.89 Å². The van der Waals surface area contributed by atoms with Gasteiger partial charge in [-0.05, 0) is 17.0 Å². The van der Waals surface area contributed by atoms with Gasteiger partial charge >= 0.3 is 6.09 Å². The van der Waals surface area contributed by atoms with E-state index >= 15 is 0 Å². The average molecular weight is 329 g/mol. The van der Waals surface area contributed by atoms with Gasteiger partial charge in [0, 0.05) is 13.0 Å². The Balaban J connectivity index is 1.40. The number of rotatable bonds is 6. The summed E-state index contributed by atoms with van der Waals surface area (Å²) in [6.07, 6.45) is -0.00873. The van der Waals surface area contributed by atoms with Crippen LogP contribution in [0.4, 0.5) is 4.79 Å². The van der Waals surface area contributed by atoms with Gasteiger partial charge in [0.1, 0.15) is 6.61 Å². The highest BCUT2D eigenvalue weighted by molar-refractivity contribution is 7.13. The molecular weight excluding hydrogens is 314 g/mol. The van der Waals surface area contributed by atoms with Crippen molar-refractivity contribution in [3.63, 3.8) is 0 Å². The van der Waals surface area contributed by atoms with Crippen LogP contribution >= 0.6 is 11.3 Å². The molecule has 0 aliphatic heterocycles. The summed E-state index contributed by atoms with van der Waals surface area (Å²) < 4.78 is 10.7. The van der Waals surface area contributed by atoms with Crippen LogP contribution in [0.1, 0.15) is 11.5 Å². The molecule has 23 heavy (non-hydrogen) atoms. The first kappa shape index (κ1) is 15.2. The van der Waals surface area contributed by atoms with E-state index < -0.39 is 6.09 Å². The van der Waals surface area contributed by atoms with E-state index in [2.05, 4.69) is 15.5 Å². The average Bonchev–Trinajstić information content (AvgIpc) is 3.25. The summed E-state index contributed by atoms with van der Waals surface area (Å²) in [5, 5.41) is 12.5. The van der Waals surface area contributed by atoms with Crippen molar-refractivity contribution in [1.29, 1.82) is 0 Å². The number of amides is 1. The van der Waals surface area contributed by atoms with Gasteiger partial charge in [-0.3, -0.25) is 0 Å². The Labute approximate surface area is 137 Å². The Morgan fingerprint density at radius 2 is 2.04 bits per heavy atom. The summed E-state index contributed by atoms with van der Waals surface area (Å²) in [7, 11) is 0. The fraction of sp³-hybridized carbons (Fsp3) is 0.188. The second kappa shape index (κ2) is 7.55. The van der Waals surface area contributed by atoms with Crippen LogP contribution in [0.15, 0.2) is 52.3 Å². The zero-order valence-corrected chi connectivity index (χ0v) is 13.1. The number of carbonyl (C=O) groups excluding carboxylic acids is 1. The van der Waals surface area contributed by atoms with Crippen LogP contribution in [-0.2, 0) is 17.8 Å². The molecule has 0 saturated heterocycles. The molecule has 0 saturated carbocycles. The zero-order valence-electron chi connectivity index (χ0n) is 12.3. The van der Waals surface area contributed by atoms with Crippen molar-refractivity contribution in [2.24, 2.45) is 0 Å². The molecule has 6 nitrogen and oxygen atoms in total. The third-order valence-corrected chi connectivity index (χ3v) is 3.88. The van der Waals surface area contributed by atoms with Crippen LogP contribution in [0.5, 0.6) is 0 Å². The van der Waals surface area contributed by atoms with E-state index in [1.165, 1.54) is 11.3 Å². The van der Waals surface area contributed by atoms with Crippen LogP contribution in [0.3, 0.4) is 0 Å². The lowest BCUT2D eigenvalue weighted by molar-refractivity contribution is 0.139. The molecule has 1 aromatic carbocycles. The number of hydrogen-bond acceptors (Lipinski definition) is 6. The molecule has 1 N–H and O–H groups in total. The highest BCUT2D eigenvalue weighted by Crippen LogP contribution is 2.22. The number of hydrogen-bond donors (Lipinski definition) is 1. The Kier molecular flexibility index (Phi) is 5.00. The van der Waals surface area contributed by atoms with Gasteiger partial charge in [0.15, 0.2) is 0 Å². The van der Waals surface area contributed by atoms with E-state index in [9.17, 15) is 4.79 Å². The van der Waals surface area contributed by atoms with Gasteiger partial charge in [-0.25, -0.2) is 4.79 Å². The third kappa shape index (κ3) is 4.40. The van der Waals surface area contributed by atoms with E-state index in [0.29, 0.717) is 24.7 Å². The summed E-state index contributed by atoms with van der Waals surface area (Å²) in [5.41, 5.74) is 0.945. The SMILES string of the molecule is O=C(NCCc1nnc(-c2cccs2)o1)OCc1ccccc1. The first-order chi connectivity index (χ1) is 11.3. The Morgan fingerprint density at radius 3 is 2.83 bits per heavy atom. The molecule has 3 rings (SSSR count). The van der Waals surface area contributed by atoms with E-state index in [-0.39, 0.29) is 6.61 Å². The standard InChI is InChI=1S/C16H15N3O3S/c20-16(21-11-12-5-2-1-3-6-12)17-9-8-14-18-19-15(22-14)13-7-4-10-23-13/h1-7,10H,8-9,11H2,(H,17,20). The number of ether oxygens (including phenoxy) is 1. The molecule has 3 aromatic rings. The van der Waals surface area contributed by atoms with E-state index in [1.54, 1.807) is 0 Å². The molecule has 0 radical (unpaired) electrons. The van der Waals surface area contributed by atoms with Gasteiger partial charge < -0.3 is 14.5 Å². The molecule has 0 bridgehead atoms. The Morgan fingerprint density at radius 1 is 1.17 bits per heavy atom. The number of thiophene rings is 1. The van der Waals surface area contributed by atoms with E-state index in [4.69, 9.17) is 9.15 Å². The van der Waals surface area contributed by atoms with E-state index in [0.717, 1.165) is 10.4 Å². The molecule has 2 aromatic heterocycles. The molecule has 118 valence electrons. The molecule has 0 fully saturated rings. The third-order valence-electron chi connectivity index (χ3n) is 3.02. The lowest BCUT2D eigenvalue weighted by Crippen LogP contribution is -2.26. The quantitative estimate of drug-likeness (QED) is 0.751. The van der Waals surface area contributed by atoms with Crippen LogP contribution < -0.4 is 5.32 Å². The van der Waals surface area contributed by atoms with Gasteiger partial charge in [-0.2, -0.15) is 0 Å². The van der Waals surface area contributed by atoms with Crippen molar-refractivity contribution >= 4 is 17.4 Å². The Bertz CT molecular complexity index is 741. The molecular formula is C16H15N3O3S. The highest BCUT2D eigenvalue weighted by Gasteiger charge is 2.10. The van der Waals surface area contributed by atoms with Crippen molar-refractivity contribution in [3.05, 3.63) is 59.3 Å². The predicted octanol–water partition coefficient (Wildman–Crippen LogP) is 3.27.